The summed E-state index contributed by atoms with van der Waals surface area (Å²) in [7, 11) is 0. The number of hydrogen-bond donors (Lipinski definition) is 2. The number of rotatable bonds is 6. The lowest BCUT2D eigenvalue weighted by Crippen LogP contribution is -2.45. The first-order valence-corrected chi connectivity index (χ1v) is 12.1. The molecular weight excluding hydrogens is 450 g/mol. The number of carbonyl (C=O) groups excluding carboxylic acids is 3. The summed E-state index contributed by atoms with van der Waals surface area (Å²) in [6, 6.07) is 15.3. The molecule has 0 spiro atoms. The molecule has 1 saturated heterocycles. The molecule has 8 nitrogen and oxygen atoms in total. The topological polar surface area (TPSA) is 104 Å². The third kappa shape index (κ3) is 5.66. The Labute approximate surface area is 202 Å². The number of nitrogens with zero attached hydrogens (tertiary/aromatic N) is 3. The Morgan fingerprint density at radius 3 is 2.53 bits per heavy atom. The Morgan fingerprint density at radius 1 is 1.03 bits per heavy atom. The van der Waals surface area contributed by atoms with E-state index in [1.54, 1.807) is 17.0 Å². The van der Waals surface area contributed by atoms with E-state index in [1.165, 1.54) is 0 Å². The highest BCUT2D eigenvalue weighted by molar-refractivity contribution is 7.15. The molecule has 176 valence electrons. The maximum Gasteiger partial charge on any atom is 0.286 e. The molecule has 1 atom stereocenters. The second-order valence-electron chi connectivity index (χ2n) is 8.47. The van der Waals surface area contributed by atoms with Crippen LogP contribution in [0.3, 0.4) is 0 Å². The molecule has 0 saturated carbocycles. The van der Waals surface area contributed by atoms with Crippen LogP contribution in [0.5, 0.6) is 0 Å². The molecule has 2 aromatic carbocycles. The molecule has 3 amide bonds. The zero-order valence-corrected chi connectivity index (χ0v) is 20.0. The molecule has 9 heteroatoms. The summed E-state index contributed by atoms with van der Waals surface area (Å²) in [5.41, 5.74) is 3.94. The van der Waals surface area contributed by atoms with E-state index in [-0.39, 0.29) is 27.7 Å². The molecule has 34 heavy (non-hydrogen) atoms. The van der Waals surface area contributed by atoms with E-state index in [9.17, 15) is 14.4 Å². The second kappa shape index (κ2) is 10.6. The number of piperidine rings is 1. The molecule has 2 N–H and O–H groups in total. The fourth-order valence-corrected chi connectivity index (χ4v) is 4.58. The van der Waals surface area contributed by atoms with Crippen LogP contribution in [0.1, 0.15) is 49.1 Å². The molecule has 1 aliphatic heterocycles. The Morgan fingerprint density at radius 2 is 1.76 bits per heavy atom. The van der Waals surface area contributed by atoms with Crippen LogP contribution in [-0.2, 0) is 11.3 Å². The first-order chi connectivity index (χ1) is 16.4. The second-order valence-corrected chi connectivity index (χ2v) is 9.44. The predicted octanol–water partition coefficient (Wildman–Crippen LogP) is 3.58. The minimum Gasteiger partial charge on any atom is -0.352 e. The molecule has 0 radical (unpaired) electrons. The number of carbonyl (C=O) groups is 3. The first-order valence-electron chi connectivity index (χ1n) is 11.2. The maximum absolute atomic E-state index is 13.0. The average molecular weight is 478 g/mol. The largest absolute Gasteiger partial charge is 0.352 e. The van der Waals surface area contributed by atoms with Gasteiger partial charge in [-0.25, -0.2) is 0 Å². The number of likely N-dealkylation sites (tertiary alicyclic amines) is 1. The summed E-state index contributed by atoms with van der Waals surface area (Å²) < 4.78 is 0. The van der Waals surface area contributed by atoms with Gasteiger partial charge in [-0.1, -0.05) is 53.3 Å². The van der Waals surface area contributed by atoms with E-state index < -0.39 is 5.91 Å². The molecule has 1 aromatic heterocycles. The number of amides is 3. The normalized spacial score (nSPS) is 15.6. The van der Waals surface area contributed by atoms with Crippen LogP contribution in [0.2, 0.25) is 0 Å². The van der Waals surface area contributed by atoms with E-state index in [4.69, 9.17) is 0 Å². The quantitative estimate of drug-likeness (QED) is 0.565. The lowest BCUT2D eigenvalue weighted by molar-refractivity contribution is -0.126. The van der Waals surface area contributed by atoms with Crippen molar-refractivity contribution in [2.45, 2.75) is 33.2 Å². The van der Waals surface area contributed by atoms with Crippen molar-refractivity contribution in [1.29, 1.82) is 0 Å². The van der Waals surface area contributed by atoms with Crippen molar-refractivity contribution in [1.82, 2.24) is 20.4 Å². The van der Waals surface area contributed by atoms with Gasteiger partial charge in [-0.3, -0.25) is 14.4 Å². The van der Waals surface area contributed by atoms with Crippen molar-refractivity contribution in [2.75, 3.05) is 18.4 Å². The van der Waals surface area contributed by atoms with Gasteiger partial charge in [0.2, 0.25) is 15.9 Å². The van der Waals surface area contributed by atoms with Crippen molar-refractivity contribution >= 4 is 34.7 Å². The summed E-state index contributed by atoms with van der Waals surface area (Å²) in [5.74, 6) is -1.05. The Kier molecular flexibility index (Phi) is 7.32. The third-order valence-corrected chi connectivity index (χ3v) is 6.82. The number of anilines is 1. The van der Waals surface area contributed by atoms with Gasteiger partial charge in [-0.15, -0.1) is 10.2 Å². The summed E-state index contributed by atoms with van der Waals surface area (Å²) in [5, 5.41) is 13.9. The first kappa shape index (κ1) is 23.6. The molecule has 4 rings (SSSR count). The van der Waals surface area contributed by atoms with Crippen molar-refractivity contribution in [2.24, 2.45) is 5.92 Å². The van der Waals surface area contributed by atoms with Crippen LogP contribution in [0.25, 0.3) is 0 Å². The van der Waals surface area contributed by atoms with E-state index >= 15 is 0 Å². The average Bonchev–Trinajstić information content (AvgIpc) is 3.35. The summed E-state index contributed by atoms with van der Waals surface area (Å²) in [4.78, 5) is 39.9. The number of nitrogens with one attached hydrogen (secondary N) is 2. The van der Waals surface area contributed by atoms with Crippen molar-refractivity contribution in [3.63, 3.8) is 0 Å². The fraction of sp³-hybridized carbons (Fsp3) is 0.320. The third-order valence-electron chi connectivity index (χ3n) is 5.91. The fourth-order valence-electron chi connectivity index (χ4n) is 3.87. The van der Waals surface area contributed by atoms with Gasteiger partial charge in [0, 0.05) is 25.3 Å². The van der Waals surface area contributed by atoms with Crippen LogP contribution in [0.15, 0.2) is 48.5 Å². The Balaban J connectivity index is 1.34. The minimum atomic E-state index is -0.410. The van der Waals surface area contributed by atoms with Crippen LogP contribution < -0.4 is 10.6 Å². The van der Waals surface area contributed by atoms with Gasteiger partial charge in [0.25, 0.3) is 11.8 Å². The van der Waals surface area contributed by atoms with Crippen molar-refractivity contribution in [3.8, 4) is 0 Å². The maximum atomic E-state index is 13.0. The smallest absolute Gasteiger partial charge is 0.286 e. The van der Waals surface area contributed by atoms with Crippen molar-refractivity contribution in [3.05, 3.63) is 75.2 Å². The molecular formula is C25H27N5O3S. The van der Waals surface area contributed by atoms with Crippen LogP contribution in [0.4, 0.5) is 5.69 Å². The number of aryl methyl sites for hydroxylation is 2. The summed E-state index contributed by atoms with van der Waals surface area (Å²) >= 11 is 0.958. The van der Waals surface area contributed by atoms with E-state index in [2.05, 4.69) is 20.8 Å². The predicted molar refractivity (Wildman–Crippen MR) is 131 cm³/mol. The SMILES string of the molecule is Cc1ccc(NC(=O)c2nnc(C(=O)N3CCCC(C(=O)NCc4ccccc4C)C3)s2)cc1. The standard InChI is InChI=1S/C25H27N5O3S/c1-16-9-11-20(12-10-16)27-22(32)23-28-29-24(34-23)25(33)30-13-5-8-19(15-30)21(31)26-14-18-7-4-3-6-17(18)2/h3-4,6-7,9-12,19H,5,8,13-15H2,1-2H3,(H,26,31)(H,27,32). The molecule has 1 aliphatic rings. The van der Waals surface area contributed by atoms with Gasteiger partial charge in [0.1, 0.15) is 0 Å². The lowest BCUT2D eigenvalue weighted by atomic mass is 9.97. The highest BCUT2D eigenvalue weighted by Gasteiger charge is 2.31. The molecule has 2 heterocycles. The molecule has 0 bridgehead atoms. The zero-order valence-electron chi connectivity index (χ0n) is 19.2. The van der Waals surface area contributed by atoms with Crippen LogP contribution in [-0.4, -0.2) is 45.9 Å². The number of benzene rings is 2. The lowest BCUT2D eigenvalue weighted by Gasteiger charge is -2.31. The van der Waals surface area contributed by atoms with E-state index in [1.807, 2.05) is 50.2 Å². The van der Waals surface area contributed by atoms with Gasteiger partial charge in [-0.2, -0.15) is 0 Å². The molecule has 1 fully saturated rings. The van der Waals surface area contributed by atoms with E-state index in [0.717, 1.165) is 40.9 Å². The van der Waals surface area contributed by atoms with Gasteiger partial charge >= 0.3 is 0 Å². The highest BCUT2D eigenvalue weighted by atomic mass is 32.1. The number of aromatic nitrogens is 2. The van der Waals surface area contributed by atoms with Crippen LogP contribution in [0, 0.1) is 19.8 Å². The summed E-state index contributed by atoms with van der Waals surface area (Å²) in [6.45, 7) is 5.31. The Hall–Kier alpha value is -3.59. The van der Waals surface area contributed by atoms with Gasteiger partial charge in [0.05, 0.1) is 5.92 Å². The monoisotopic (exact) mass is 477 g/mol. The van der Waals surface area contributed by atoms with Gasteiger partial charge < -0.3 is 15.5 Å². The minimum absolute atomic E-state index is 0.0591. The molecule has 0 aliphatic carbocycles. The summed E-state index contributed by atoms with van der Waals surface area (Å²) in [6.07, 6.45) is 1.46. The number of hydrogen-bond acceptors (Lipinski definition) is 6. The Bertz CT molecular complexity index is 1190. The van der Waals surface area contributed by atoms with Gasteiger partial charge in [-0.05, 0) is 49.9 Å². The molecule has 1 unspecified atom stereocenters. The van der Waals surface area contributed by atoms with Crippen LogP contribution >= 0.6 is 11.3 Å². The van der Waals surface area contributed by atoms with Gasteiger partial charge in [0.15, 0.2) is 0 Å². The highest BCUT2D eigenvalue weighted by Crippen LogP contribution is 2.21. The van der Waals surface area contributed by atoms with Crippen molar-refractivity contribution < 1.29 is 14.4 Å². The molecule has 3 aromatic rings. The van der Waals surface area contributed by atoms with E-state index in [0.29, 0.717) is 25.3 Å². The zero-order chi connectivity index (χ0) is 24.1.